The number of nitrogens with zero attached hydrogens (tertiary/aromatic N) is 3. The van der Waals surface area contributed by atoms with Crippen LogP contribution in [0.1, 0.15) is 27.3 Å². The molecule has 2 aromatic heterocycles. The molecule has 0 aliphatic carbocycles. The van der Waals surface area contributed by atoms with Crippen LogP contribution in [-0.4, -0.2) is 49.5 Å². The zero-order valence-electron chi connectivity index (χ0n) is 28.4. The predicted octanol–water partition coefficient (Wildman–Crippen LogP) is 8.76. The van der Waals surface area contributed by atoms with Gasteiger partial charge in [-0.1, -0.05) is 90.5 Å². The number of aliphatic carboxylic acids is 2. The Bertz CT molecular complexity index is 2370. The number of aromatic nitrogens is 3. The maximum Gasteiger partial charge on any atom is 0.309 e. The van der Waals surface area contributed by atoms with E-state index in [1.54, 1.807) is 61.2 Å². The molecule has 2 heterocycles. The van der Waals surface area contributed by atoms with Crippen molar-refractivity contribution in [2.75, 3.05) is 7.11 Å². The average molecular weight is 712 g/mol. The Morgan fingerprint density at radius 1 is 0.731 bits per heavy atom. The van der Waals surface area contributed by atoms with Crippen LogP contribution in [0.15, 0.2) is 133 Å². The van der Waals surface area contributed by atoms with Gasteiger partial charge in [0.2, 0.25) is 0 Å². The standard InChI is InChI=1S/C23H18N2O2.C19H16ClNO4/c26-21(27)16-20-22(17-10-4-1-5-11-17)23(18-12-6-2-7-13-18)24-25(20)19-14-8-3-9-15-19;1-11-15(10-18(22)23)16-9-14(25-2)7-8-17(16)21(11)19(24)12-3-5-13(20)6-4-12/h1-15H,16H2,(H,26,27);3-9H,10H2,1-2H3,(H,22,23). The number of hydrogen-bond acceptors (Lipinski definition) is 5. The van der Waals surface area contributed by atoms with Gasteiger partial charge in [-0.25, -0.2) is 4.68 Å². The molecule has 0 atom stereocenters. The van der Waals surface area contributed by atoms with Crippen molar-refractivity contribution in [1.29, 1.82) is 0 Å². The zero-order valence-corrected chi connectivity index (χ0v) is 29.1. The molecule has 52 heavy (non-hydrogen) atoms. The summed E-state index contributed by atoms with van der Waals surface area (Å²) in [7, 11) is 1.54. The Morgan fingerprint density at radius 3 is 1.88 bits per heavy atom. The quantitative estimate of drug-likeness (QED) is 0.153. The molecule has 260 valence electrons. The number of carboxylic acid groups (broad SMARTS) is 2. The highest BCUT2D eigenvalue weighted by Crippen LogP contribution is 2.36. The lowest BCUT2D eigenvalue weighted by atomic mass is 9.97. The third kappa shape index (κ3) is 7.50. The predicted molar refractivity (Wildman–Crippen MR) is 202 cm³/mol. The third-order valence-electron chi connectivity index (χ3n) is 8.57. The largest absolute Gasteiger partial charge is 0.497 e. The minimum Gasteiger partial charge on any atom is -0.497 e. The van der Waals surface area contributed by atoms with Gasteiger partial charge >= 0.3 is 11.9 Å². The van der Waals surface area contributed by atoms with Crippen LogP contribution in [0.2, 0.25) is 5.02 Å². The van der Waals surface area contributed by atoms with Crippen molar-refractivity contribution in [1.82, 2.24) is 14.3 Å². The molecule has 0 aliphatic rings. The summed E-state index contributed by atoms with van der Waals surface area (Å²) in [6.07, 6.45) is -0.282. The van der Waals surface area contributed by atoms with Gasteiger partial charge in [0, 0.05) is 32.8 Å². The molecule has 0 fully saturated rings. The fourth-order valence-corrected chi connectivity index (χ4v) is 6.32. The summed E-state index contributed by atoms with van der Waals surface area (Å²) >= 11 is 5.89. The number of rotatable bonds is 9. The summed E-state index contributed by atoms with van der Waals surface area (Å²) in [5, 5.41) is 24.9. The molecule has 7 rings (SSSR count). The second kappa shape index (κ2) is 15.6. The summed E-state index contributed by atoms with van der Waals surface area (Å²) < 4.78 is 8.52. The Kier molecular flexibility index (Phi) is 10.6. The smallest absolute Gasteiger partial charge is 0.309 e. The van der Waals surface area contributed by atoms with E-state index in [1.165, 1.54) is 4.57 Å². The van der Waals surface area contributed by atoms with Crippen LogP contribution in [0.3, 0.4) is 0 Å². The van der Waals surface area contributed by atoms with Crippen molar-refractivity contribution in [3.63, 3.8) is 0 Å². The molecule has 0 radical (unpaired) electrons. The van der Waals surface area contributed by atoms with Gasteiger partial charge in [0.25, 0.3) is 5.91 Å². The topological polar surface area (TPSA) is 124 Å². The van der Waals surface area contributed by atoms with E-state index < -0.39 is 11.9 Å². The van der Waals surface area contributed by atoms with Crippen LogP contribution in [0.5, 0.6) is 5.75 Å². The fourth-order valence-electron chi connectivity index (χ4n) is 6.20. The minimum absolute atomic E-state index is 0.112. The molecule has 9 nitrogen and oxygen atoms in total. The molecule has 0 bridgehead atoms. The van der Waals surface area contributed by atoms with Crippen LogP contribution in [0.25, 0.3) is 39.0 Å². The number of benzene rings is 5. The molecular weight excluding hydrogens is 678 g/mol. The van der Waals surface area contributed by atoms with Crippen LogP contribution in [0, 0.1) is 6.92 Å². The molecule has 0 saturated heterocycles. The number of carboxylic acids is 2. The van der Waals surface area contributed by atoms with Crippen LogP contribution >= 0.6 is 11.6 Å². The number of carbonyl (C=O) groups excluding carboxylic acids is 1. The Labute approximate surface area is 304 Å². The minimum atomic E-state index is -0.955. The first-order valence-corrected chi connectivity index (χ1v) is 16.7. The molecule has 10 heteroatoms. The van der Waals surface area contributed by atoms with Gasteiger partial charge < -0.3 is 14.9 Å². The van der Waals surface area contributed by atoms with Gasteiger partial charge in [0.1, 0.15) is 11.4 Å². The summed E-state index contributed by atoms with van der Waals surface area (Å²) in [6, 6.07) is 41.2. The summed E-state index contributed by atoms with van der Waals surface area (Å²) in [6.45, 7) is 1.75. The van der Waals surface area contributed by atoms with E-state index in [2.05, 4.69) is 0 Å². The first-order valence-electron chi connectivity index (χ1n) is 16.4. The summed E-state index contributed by atoms with van der Waals surface area (Å²) in [4.78, 5) is 35.9. The number of halogens is 1. The highest BCUT2D eigenvalue weighted by Gasteiger charge is 2.24. The second-order valence-electron chi connectivity index (χ2n) is 11.9. The van der Waals surface area contributed by atoms with Crippen molar-refractivity contribution < 1.29 is 29.3 Å². The van der Waals surface area contributed by atoms with Gasteiger partial charge in [0.15, 0.2) is 0 Å². The van der Waals surface area contributed by atoms with Crippen molar-refractivity contribution in [2.45, 2.75) is 19.8 Å². The Morgan fingerprint density at radius 2 is 1.31 bits per heavy atom. The van der Waals surface area contributed by atoms with Crippen LogP contribution in [-0.2, 0) is 22.4 Å². The summed E-state index contributed by atoms with van der Waals surface area (Å²) in [5.41, 5.74) is 7.38. The van der Waals surface area contributed by atoms with Gasteiger partial charge in [-0.3, -0.25) is 19.0 Å². The normalized spacial score (nSPS) is 10.8. The van der Waals surface area contributed by atoms with E-state index in [9.17, 15) is 24.6 Å². The first kappa shape index (κ1) is 35.4. The van der Waals surface area contributed by atoms with Crippen molar-refractivity contribution >= 4 is 40.3 Å². The monoisotopic (exact) mass is 711 g/mol. The Balaban J connectivity index is 0.000000179. The molecule has 0 spiro atoms. The van der Waals surface area contributed by atoms with E-state index in [0.717, 1.165) is 28.1 Å². The van der Waals surface area contributed by atoms with Gasteiger partial charge in [-0.15, -0.1) is 0 Å². The maximum atomic E-state index is 13.0. The lowest BCUT2D eigenvalue weighted by Gasteiger charge is -2.08. The number of carbonyl (C=O) groups is 3. The number of hydrogen-bond donors (Lipinski definition) is 2. The zero-order chi connectivity index (χ0) is 36.8. The molecule has 0 unspecified atom stereocenters. The highest BCUT2D eigenvalue weighted by atomic mass is 35.5. The average Bonchev–Trinajstić information content (AvgIpc) is 3.66. The lowest BCUT2D eigenvalue weighted by Crippen LogP contribution is -2.14. The SMILES string of the molecule is COc1ccc2c(c1)c(CC(=O)O)c(C)n2C(=O)c1ccc(Cl)cc1.O=C(O)Cc1c(-c2ccccc2)c(-c2ccccc2)nn1-c1ccccc1. The molecule has 0 saturated carbocycles. The van der Waals surface area contributed by atoms with Gasteiger partial charge in [-0.2, -0.15) is 5.10 Å². The molecular formula is C42H34ClN3O6. The second-order valence-corrected chi connectivity index (χ2v) is 12.3. The first-order chi connectivity index (χ1) is 25.2. The van der Waals surface area contributed by atoms with Gasteiger partial charge in [-0.05, 0) is 72.6 Å². The molecule has 0 amide bonds. The van der Waals surface area contributed by atoms with Crippen LogP contribution < -0.4 is 4.74 Å². The Hall–Kier alpha value is -6.45. The lowest BCUT2D eigenvalue weighted by molar-refractivity contribution is -0.137. The number of ether oxygens (including phenoxy) is 1. The van der Waals surface area contributed by atoms with E-state index in [-0.39, 0.29) is 18.7 Å². The number of para-hydroxylation sites is 1. The molecule has 7 aromatic rings. The number of fused-ring (bicyclic) bond motifs is 1. The molecule has 5 aromatic carbocycles. The summed E-state index contributed by atoms with van der Waals surface area (Å²) in [5.74, 6) is -1.47. The van der Waals surface area contributed by atoms with Gasteiger partial charge in [0.05, 0.1) is 36.8 Å². The molecule has 0 aliphatic heterocycles. The van der Waals surface area contributed by atoms with E-state index in [0.29, 0.717) is 44.2 Å². The van der Waals surface area contributed by atoms with Crippen molar-refractivity contribution in [3.05, 3.63) is 161 Å². The highest BCUT2D eigenvalue weighted by molar-refractivity contribution is 6.30. The number of methoxy groups -OCH3 is 1. The fraction of sp³-hybridized carbons (Fsp3) is 0.0952. The molecule has 2 N–H and O–H groups in total. The van der Waals surface area contributed by atoms with E-state index in [1.807, 2.05) is 91.0 Å². The van der Waals surface area contributed by atoms with E-state index >= 15 is 0 Å². The van der Waals surface area contributed by atoms with E-state index in [4.69, 9.17) is 21.4 Å². The van der Waals surface area contributed by atoms with Crippen molar-refractivity contribution in [2.24, 2.45) is 0 Å². The van der Waals surface area contributed by atoms with Crippen molar-refractivity contribution in [3.8, 4) is 33.8 Å². The third-order valence-corrected chi connectivity index (χ3v) is 8.83. The maximum absolute atomic E-state index is 13.0. The van der Waals surface area contributed by atoms with Crippen LogP contribution in [0.4, 0.5) is 0 Å².